The van der Waals surface area contributed by atoms with Gasteiger partial charge in [-0.25, -0.2) is 0 Å². The Bertz CT molecular complexity index is 496. The Balaban J connectivity index is 0.00000191. The van der Waals surface area contributed by atoms with Crippen molar-refractivity contribution in [1.29, 1.82) is 0 Å². The van der Waals surface area contributed by atoms with Crippen LogP contribution in [0.1, 0.15) is 40.2 Å². The van der Waals surface area contributed by atoms with Gasteiger partial charge in [0.25, 0.3) is 0 Å². The van der Waals surface area contributed by atoms with Crippen molar-refractivity contribution in [2.75, 3.05) is 13.6 Å². The van der Waals surface area contributed by atoms with Crippen LogP contribution in [0.3, 0.4) is 0 Å². The predicted molar refractivity (Wildman–Crippen MR) is 97.2 cm³/mol. The van der Waals surface area contributed by atoms with Gasteiger partial charge in [0.1, 0.15) is 0 Å². The Morgan fingerprint density at radius 1 is 1.19 bits per heavy atom. The highest BCUT2D eigenvalue weighted by molar-refractivity contribution is 6.30. The summed E-state index contributed by atoms with van der Waals surface area (Å²) >= 11 is 5.90. The van der Waals surface area contributed by atoms with Crippen LogP contribution in [-0.4, -0.2) is 19.8 Å². The van der Waals surface area contributed by atoms with Gasteiger partial charge in [-0.1, -0.05) is 37.6 Å². The molecule has 116 valence electrons. The summed E-state index contributed by atoms with van der Waals surface area (Å²) in [6.45, 7) is 10.9. The number of rotatable bonds is 5. The molecule has 0 saturated carbocycles. The Labute approximate surface area is 134 Å². The van der Waals surface area contributed by atoms with Crippen molar-refractivity contribution < 1.29 is 0 Å². The highest BCUT2D eigenvalue weighted by Gasteiger charge is 2.00. The zero-order valence-electron chi connectivity index (χ0n) is 14.0. The van der Waals surface area contributed by atoms with Gasteiger partial charge in [-0.3, -0.25) is 4.99 Å². The van der Waals surface area contributed by atoms with E-state index in [0.717, 1.165) is 22.8 Å². The molecule has 1 aromatic rings. The van der Waals surface area contributed by atoms with Gasteiger partial charge in [0.15, 0.2) is 0 Å². The van der Waals surface area contributed by atoms with Gasteiger partial charge >= 0.3 is 0 Å². The van der Waals surface area contributed by atoms with Crippen LogP contribution in [0.25, 0.3) is 5.57 Å². The molecular weight excluding hydrogens is 280 g/mol. The first-order chi connectivity index (χ1) is 10.1. The monoisotopic (exact) mass is 306 g/mol. The third-order valence-corrected chi connectivity index (χ3v) is 3.05. The fourth-order valence-electron chi connectivity index (χ4n) is 1.77. The lowest BCUT2D eigenvalue weighted by molar-refractivity contribution is 0.871. The SMILES string of the molecule is CC.CC=NC(/C=C(\C)c1ccc(Cl)cc1)=C(/C)CNC. The standard InChI is InChI=1S/C16H21ClN2.C2H6/c1-5-19-16(13(3)11-18-4)10-12(2)14-6-8-15(17)9-7-14;1-2/h5-10,18H,11H2,1-4H3;1-2H3/b12-10+,16-13-,19-5?;. The van der Waals surface area contributed by atoms with Crippen LogP contribution in [0, 0.1) is 0 Å². The summed E-state index contributed by atoms with van der Waals surface area (Å²) in [5, 5.41) is 3.90. The molecule has 0 spiro atoms. The minimum atomic E-state index is 0.755. The first-order valence-electron chi connectivity index (χ1n) is 7.35. The Hall–Kier alpha value is -1.38. The summed E-state index contributed by atoms with van der Waals surface area (Å²) in [5.41, 5.74) is 4.55. The second-order valence-corrected chi connectivity index (χ2v) is 4.85. The Kier molecular flexibility index (Phi) is 10.6. The number of nitrogens with zero attached hydrogens (tertiary/aromatic N) is 1. The molecule has 0 bridgehead atoms. The maximum absolute atomic E-state index is 5.90. The van der Waals surface area contributed by atoms with Gasteiger partial charge in [-0.15, -0.1) is 0 Å². The van der Waals surface area contributed by atoms with E-state index in [-0.39, 0.29) is 0 Å². The van der Waals surface area contributed by atoms with Gasteiger partial charge in [0, 0.05) is 17.8 Å². The second-order valence-electron chi connectivity index (χ2n) is 4.42. The second kappa shape index (κ2) is 11.3. The molecule has 0 amide bonds. The molecule has 0 unspecified atom stereocenters. The van der Waals surface area contributed by atoms with Gasteiger partial charge in [-0.05, 0) is 62.7 Å². The summed E-state index contributed by atoms with van der Waals surface area (Å²) in [7, 11) is 1.94. The van der Waals surface area contributed by atoms with Crippen LogP contribution < -0.4 is 5.32 Å². The van der Waals surface area contributed by atoms with Crippen LogP contribution in [-0.2, 0) is 0 Å². The number of hydrogen-bond acceptors (Lipinski definition) is 2. The zero-order valence-corrected chi connectivity index (χ0v) is 14.8. The molecule has 0 heterocycles. The van der Waals surface area contributed by atoms with E-state index in [1.54, 1.807) is 0 Å². The Morgan fingerprint density at radius 2 is 1.76 bits per heavy atom. The number of nitrogens with one attached hydrogen (secondary N) is 1. The molecule has 0 aromatic heterocycles. The molecule has 0 radical (unpaired) electrons. The molecule has 0 fully saturated rings. The van der Waals surface area contributed by atoms with E-state index in [4.69, 9.17) is 11.6 Å². The average Bonchev–Trinajstić information content (AvgIpc) is 2.49. The molecule has 1 N–H and O–H groups in total. The van der Waals surface area contributed by atoms with Crippen molar-refractivity contribution in [3.8, 4) is 0 Å². The third-order valence-electron chi connectivity index (χ3n) is 2.80. The van der Waals surface area contributed by atoms with Gasteiger partial charge in [0.2, 0.25) is 0 Å². The van der Waals surface area contributed by atoms with Crippen molar-refractivity contribution >= 4 is 23.4 Å². The van der Waals surface area contributed by atoms with Crippen molar-refractivity contribution in [2.45, 2.75) is 34.6 Å². The molecule has 1 rings (SSSR count). The lowest BCUT2D eigenvalue weighted by atomic mass is 10.1. The average molecular weight is 307 g/mol. The third kappa shape index (κ3) is 7.26. The molecular formula is C18H27ClN2. The number of benzene rings is 1. The summed E-state index contributed by atoms with van der Waals surface area (Å²) in [6.07, 6.45) is 3.93. The predicted octanol–water partition coefficient (Wildman–Crippen LogP) is 5.35. The van der Waals surface area contributed by atoms with E-state index in [1.165, 1.54) is 11.1 Å². The fourth-order valence-corrected chi connectivity index (χ4v) is 1.89. The summed E-state index contributed by atoms with van der Waals surface area (Å²) in [6, 6.07) is 7.85. The van der Waals surface area contributed by atoms with E-state index >= 15 is 0 Å². The van der Waals surface area contributed by atoms with Gasteiger partial charge in [0.05, 0.1) is 5.70 Å². The molecule has 1 aromatic carbocycles. The van der Waals surface area contributed by atoms with Crippen molar-refractivity contribution in [2.24, 2.45) is 4.99 Å². The highest BCUT2D eigenvalue weighted by Crippen LogP contribution is 2.20. The van der Waals surface area contributed by atoms with E-state index in [0.29, 0.717) is 0 Å². The smallest absolute Gasteiger partial charge is 0.0630 e. The molecule has 3 heteroatoms. The van der Waals surface area contributed by atoms with Crippen molar-refractivity contribution in [3.05, 3.63) is 52.2 Å². The Morgan fingerprint density at radius 3 is 2.24 bits per heavy atom. The van der Waals surface area contributed by atoms with Crippen LogP contribution >= 0.6 is 11.6 Å². The quantitative estimate of drug-likeness (QED) is 0.575. The summed E-state index contributed by atoms with van der Waals surface area (Å²) < 4.78 is 0. The molecule has 21 heavy (non-hydrogen) atoms. The summed E-state index contributed by atoms with van der Waals surface area (Å²) in [4.78, 5) is 4.44. The van der Waals surface area contributed by atoms with Crippen LogP contribution in [0.2, 0.25) is 5.02 Å². The highest BCUT2D eigenvalue weighted by atomic mass is 35.5. The first kappa shape index (κ1) is 19.6. The molecule has 0 saturated heterocycles. The van der Waals surface area contributed by atoms with Crippen LogP contribution in [0.15, 0.2) is 46.6 Å². The van der Waals surface area contributed by atoms with E-state index in [2.05, 4.69) is 30.2 Å². The maximum atomic E-state index is 5.90. The number of allylic oxidation sites excluding steroid dienone is 2. The first-order valence-corrected chi connectivity index (χ1v) is 7.73. The zero-order chi connectivity index (χ0) is 16.3. The summed E-state index contributed by atoms with van der Waals surface area (Å²) in [5.74, 6) is 0. The topological polar surface area (TPSA) is 24.4 Å². The minimum absolute atomic E-state index is 0.755. The van der Waals surface area contributed by atoms with Gasteiger partial charge < -0.3 is 5.32 Å². The van der Waals surface area contributed by atoms with Crippen molar-refractivity contribution in [3.63, 3.8) is 0 Å². The van der Waals surface area contributed by atoms with Crippen LogP contribution in [0.5, 0.6) is 0 Å². The largest absolute Gasteiger partial charge is 0.316 e. The number of hydrogen-bond donors (Lipinski definition) is 1. The molecule has 0 aliphatic heterocycles. The van der Waals surface area contributed by atoms with E-state index in [1.807, 2.05) is 58.3 Å². The number of likely N-dealkylation sites (N-methyl/N-ethyl adjacent to an activating group) is 1. The maximum Gasteiger partial charge on any atom is 0.0630 e. The lowest BCUT2D eigenvalue weighted by Gasteiger charge is -2.06. The van der Waals surface area contributed by atoms with Crippen molar-refractivity contribution in [1.82, 2.24) is 5.32 Å². The van der Waals surface area contributed by atoms with E-state index in [9.17, 15) is 0 Å². The normalized spacial score (nSPS) is 12.8. The van der Waals surface area contributed by atoms with E-state index < -0.39 is 0 Å². The number of halogens is 1. The minimum Gasteiger partial charge on any atom is -0.316 e. The molecule has 0 atom stereocenters. The van der Waals surface area contributed by atoms with Gasteiger partial charge in [-0.2, -0.15) is 0 Å². The lowest BCUT2D eigenvalue weighted by Crippen LogP contribution is -2.09. The molecule has 0 aliphatic carbocycles. The molecule has 2 nitrogen and oxygen atoms in total. The number of aliphatic imine (C=N–C) groups is 1. The fraction of sp³-hybridized carbons (Fsp3) is 0.389. The molecule has 0 aliphatic rings. The van der Waals surface area contributed by atoms with Crippen LogP contribution in [0.4, 0.5) is 0 Å².